The normalized spacial score (nSPS) is 22.2. The molecule has 0 saturated heterocycles. The van der Waals surface area contributed by atoms with E-state index in [-0.39, 0.29) is 5.54 Å². The van der Waals surface area contributed by atoms with Gasteiger partial charge in [0.15, 0.2) is 0 Å². The first-order chi connectivity index (χ1) is 12.3. The van der Waals surface area contributed by atoms with Gasteiger partial charge in [-0.1, -0.05) is 36.4 Å². The highest BCUT2D eigenvalue weighted by molar-refractivity contribution is 5.93. The van der Waals surface area contributed by atoms with Crippen LogP contribution in [0.15, 0.2) is 53.5 Å². The molecule has 25 heavy (non-hydrogen) atoms. The number of amidine groups is 1. The van der Waals surface area contributed by atoms with Crippen LogP contribution in [0.2, 0.25) is 0 Å². The lowest BCUT2D eigenvalue weighted by atomic mass is 9.76. The van der Waals surface area contributed by atoms with E-state index in [1.807, 2.05) is 12.1 Å². The van der Waals surface area contributed by atoms with Crippen molar-refractivity contribution in [2.45, 2.75) is 31.3 Å². The van der Waals surface area contributed by atoms with Crippen molar-refractivity contribution in [3.63, 3.8) is 0 Å². The number of nitrogens with zero attached hydrogens (tertiary/aromatic N) is 1. The molecule has 2 N–H and O–H groups in total. The van der Waals surface area contributed by atoms with Gasteiger partial charge in [-0.25, -0.2) is 0 Å². The molecule has 0 aromatic heterocycles. The highest BCUT2D eigenvalue weighted by Gasteiger charge is 2.40. The van der Waals surface area contributed by atoms with Crippen molar-refractivity contribution in [2.24, 2.45) is 4.99 Å². The number of fused-ring (bicyclic) bond motifs is 1. The third-order valence-electron chi connectivity index (χ3n) is 5.35. The third kappa shape index (κ3) is 3.27. The fourth-order valence-electron chi connectivity index (χ4n) is 3.94. The number of rotatable bonds is 3. The predicted octanol–water partition coefficient (Wildman–Crippen LogP) is 2.71. The maximum Gasteiger partial charge on any atom is 0.118 e. The fraction of sp³-hybridized carbons (Fsp3) is 0.381. The van der Waals surface area contributed by atoms with Gasteiger partial charge in [-0.3, -0.25) is 4.99 Å². The Morgan fingerprint density at radius 3 is 2.72 bits per heavy atom. The molecule has 0 radical (unpaired) electrons. The summed E-state index contributed by atoms with van der Waals surface area (Å²) in [4.78, 5) is 4.85. The molecule has 1 atom stereocenters. The van der Waals surface area contributed by atoms with E-state index in [0.717, 1.165) is 50.5 Å². The van der Waals surface area contributed by atoms with E-state index < -0.39 is 0 Å². The van der Waals surface area contributed by atoms with Gasteiger partial charge < -0.3 is 15.4 Å². The fourth-order valence-corrected chi connectivity index (χ4v) is 3.94. The van der Waals surface area contributed by atoms with E-state index in [9.17, 15) is 0 Å². The summed E-state index contributed by atoms with van der Waals surface area (Å²) in [6, 6.07) is 17.0. The molecule has 130 valence electrons. The summed E-state index contributed by atoms with van der Waals surface area (Å²) >= 11 is 0. The van der Waals surface area contributed by atoms with Crippen LogP contribution in [0.4, 0.5) is 0 Å². The minimum absolute atomic E-state index is 0.0426. The monoisotopic (exact) mass is 335 g/mol. The smallest absolute Gasteiger partial charge is 0.118 e. The van der Waals surface area contributed by atoms with Gasteiger partial charge in [-0.2, -0.15) is 0 Å². The predicted molar refractivity (Wildman–Crippen MR) is 101 cm³/mol. The molecule has 4 rings (SSSR count). The first kappa shape index (κ1) is 16.2. The van der Waals surface area contributed by atoms with Crippen molar-refractivity contribution in [1.82, 2.24) is 10.6 Å². The van der Waals surface area contributed by atoms with Crippen LogP contribution >= 0.6 is 0 Å². The summed E-state index contributed by atoms with van der Waals surface area (Å²) in [6.07, 6.45) is 3.21. The second-order valence-corrected chi connectivity index (χ2v) is 6.89. The topological polar surface area (TPSA) is 45.6 Å². The van der Waals surface area contributed by atoms with Crippen molar-refractivity contribution in [1.29, 1.82) is 0 Å². The molecule has 1 aliphatic heterocycles. The van der Waals surface area contributed by atoms with Crippen molar-refractivity contribution in [2.75, 3.05) is 20.2 Å². The quantitative estimate of drug-likeness (QED) is 0.907. The van der Waals surface area contributed by atoms with Gasteiger partial charge >= 0.3 is 0 Å². The van der Waals surface area contributed by atoms with E-state index >= 15 is 0 Å². The highest BCUT2D eigenvalue weighted by atomic mass is 16.5. The molecule has 4 heteroatoms. The van der Waals surface area contributed by atoms with Gasteiger partial charge in [0.25, 0.3) is 0 Å². The van der Waals surface area contributed by atoms with Crippen LogP contribution in [0.1, 0.15) is 23.1 Å². The van der Waals surface area contributed by atoms with Gasteiger partial charge in [0.05, 0.1) is 19.2 Å². The lowest BCUT2D eigenvalue weighted by Gasteiger charge is -2.42. The molecule has 4 nitrogen and oxygen atoms in total. The van der Waals surface area contributed by atoms with Crippen molar-refractivity contribution in [3.8, 4) is 5.75 Å². The van der Waals surface area contributed by atoms with Crippen LogP contribution in [-0.4, -0.2) is 31.6 Å². The van der Waals surface area contributed by atoms with Gasteiger partial charge in [-0.15, -0.1) is 0 Å². The van der Waals surface area contributed by atoms with Crippen LogP contribution in [0.25, 0.3) is 0 Å². The average molecular weight is 335 g/mol. The van der Waals surface area contributed by atoms with Crippen molar-refractivity contribution in [3.05, 3.63) is 65.2 Å². The third-order valence-corrected chi connectivity index (χ3v) is 5.35. The Labute approximate surface area is 149 Å². The molecule has 2 aliphatic rings. The molecule has 2 aromatic carbocycles. The molecule has 0 saturated carbocycles. The lowest BCUT2D eigenvalue weighted by molar-refractivity contribution is 0.363. The Morgan fingerprint density at radius 1 is 1.12 bits per heavy atom. The Kier molecular flexibility index (Phi) is 4.45. The Morgan fingerprint density at radius 2 is 1.92 bits per heavy atom. The molecule has 1 heterocycles. The van der Waals surface area contributed by atoms with Gasteiger partial charge in [-0.05, 0) is 48.1 Å². The zero-order valence-corrected chi connectivity index (χ0v) is 14.7. The summed E-state index contributed by atoms with van der Waals surface area (Å²) in [6.45, 7) is 2.58. The van der Waals surface area contributed by atoms with E-state index in [0.29, 0.717) is 0 Å². The lowest BCUT2D eigenvalue weighted by Crippen LogP contribution is -2.62. The molecule has 2 aromatic rings. The van der Waals surface area contributed by atoms with Crippen LogP contribution < -0.4 is 15.4 Å². The minimum atomic E-state index is -0.0426. The zero-order valence-electron chi connectivity index (χ0n) is 14.7. The first-order valence-electron chi connectivity index (χ1n) is 9.03. The molecule has 1 unspecified atom stereocenters. The van der Waals surface area contributed by atoms with Gasteiger partial charge in [0, 0.05) is 13.1 Å². The summed E-state index contributed by atoms with van der Waals surface area (Å²) in [5, 5.41) is 7.38. The van der Waals surface area contributed by atoms with Crippen LogP contribution in [-0.2, 0) is 19.4 Å². The average Bonchev–Trinajstić information content (AvgIpc) is 2.68. The van der Waals surface area contributed by atoms with Crippen molar-refractivity contribution < 1.29 is 4.74 Å². The number of benzene rings is 2. The number of aliphatic imine (C=N–C) groups is 1. The molecule has 1 spiro atoms. The van der Waals surface area contributed by atoms with Gasteiger partial charge in [0.2, 0.25) is 0 Å². The van der Waals surface area contributed by atoms with Gasteiger partial charge in [0.1, 0.15) is 11.6 Å². The largest absolute Gasteiger partial charge is 0.497 e. The molecule has 0 amide bonds. The number of hydrogen-bond donors (Lipinski definition) is 2. The first-order valence-corrected chi connectivity index (χ1v) is 9.03. The van der Waals surface area contributed by atoms with Crippen LogP contribution in [0, 0.1) is 0 Å². The SMILES string of the molecule is COc1ccc(CNC2=NCCNC23CCc2ccccc2C3)cc1. The van der Waals surface area contributed by atoms with Crippen LogP contribution in [0.5, 0.6) is 5.75 Å². The van der Waals surface area contributed by atoms with E-state index in [4.69, 9.17) is 9.73 Å². The number of aryl methyl sites for hydroxylation is 1. The minimum Gasteiger partial charge on any atom is -0.497 e. The Bertz CT molecular complexity index is 769. The maximum absolute atomic E-state index is 5.23. The molecular formula is C21H25N3O. The second kappa shape index (κ2) is 6.89. The van der Waals surface area contributed by atoms with E-state index in [1.165, 1.54) is 16.7 Å². The molecule has 0 fully saturated rings. The zero-order chi connectivity index (χ0) is 17.1. The summed E-state index contributed by atoms with van der Waals surface area (Å²) in [7, 11) is 1.69. The van der Waals surface area contributed by atoms with E-state index in [2.05, 4.69) is 47.0 Å². The summed E-state index contributed by atoms with van der Waals surface area (Å²) in [5.74, 6) is 2.00. The Hall–Kier alpha value is -2.33. The van der Waals surface area contributed by atoms with E-state index in [1.54, 1.807) is 7.11 Å². The number of nitrogens with one attached hydrogen (secondary N) is 2. The van der Waals surface area contributed by atoms with Crippen LogP contribution in [0.3, 0.4) is 0 Å². The van der Waals surface area contributed by atoms with Crippen molar-refractivity contribution >= 4 is 5.84 Å². The molecular weight excluding hydrogens is 310 g/mol. The molecule has 0 bridgehead atoms. The number of ether oxygens (including phenoxy) is 1. The number of methoxy groups -OCH3 is 1. The highest BCUT2D eigenvalue weighted by Crippen LogP contribution is 2.30. The standard InChI is InChI=1S/C21H25N3O/c1-25-19-8-6-16(7-9-19)15-23-20-21(24-13-12-22-20)11-10-17-4-2-3-5-18(17)14-21/h2-9,24H,10-15H2,1H3,(H,22,23). The second-order valence-electron chi connectivity index (χ2n) is 6.89. The molecule has 1 aliphatic carbocycles. The summed E-state index contributed by atoms with van der Waals surface area (Å²) < 4.78 is 5.23. The number of hydrogen-bond acceptors (Lipinski definition) is 4. The summed E-state index contributed by atoms with van der Waals surface area (Å²) in [5.41, 5.74) is 4.12. The Balaban J connectivity index is 1.50. The maximum atomic E-state index is 5.23.